The fraction of sp³-hybridized carbons (Fsp3) is 0. The molecule has 0 saturated carbocycles. The smallest absolute Gasteiger partial charge is 0.138 e. The second-order valence-electron chi connectivity index (χ2n) is 1.50. The van der Waals surface area contributed by atoms with Crippen molar-refractivity contribution in [3.63, 3.8) is 0 Å². The third kappa shape index (κ3) is 1.34. The van der Waals surface area contributed by atoms with E-state index in [4.69, 9.17) is 10.9 Å². The Labute approximate surface area is 57.6 Å². The molecule has 1 heterocycles. The van der Waals surface area contributed by atoms with Crippen molar-refractivity contribution in [3.05, 3.63) is 18.3 Å². The zero-order valence-electron chi connectivity index (χ0n) is 4.74. The van der Waals surface area contributed by atoms with Gasteiger partial charge in [-0.3, -0.25) is 5.14 Å². The molecule has 0 aliphatic rings. The molecule has 0 aliphatic heterocycles. The standard InChI is InChI=1S/C5H7N3S/c6-5-4(9-7)2-1-3-8-5/h1-3H,7H2,(H2,6,8). The predicted octanol–water partition coefficient (Wildman–Crippen LogP) is 0.630. The highest BCUT2D eigenvalue weighted by molar-refractivity contribution is 7.97. The Kier molecular flexibility index (Phi) is 1.92. The van der Waals surface area contributed by atoms with Crippen LogP contribution in [0.25, 0.3) is 0 Å². The van der Waals surface area contributed by atoms with Crippen LogP contribution in [0.15, 0.2) is 23.2 Å². The first-order valence-corrected chi connectivity index (χ1v) is 3.30. The topological polar surface area (TPSA) is 64.9 Å². The number of rotatable bonds is 1. The van der Waals surface area contributed by atoms with E-state index >= 15 is 0 Å². The second-order valence-corrected chi connectivity index (χ2v) is 2.18. The maximum absolute atomic E-state index is 5.42. The largest absolute Gasteiger partial charge is 0.383 e. The van der Waals surface area contributed by atoms with E-state index in [-0.39, 0.29) is 0 Å². The van der Waals surface area contributed by atoms with Crippen LogP contribution in [0.4, 0.5) is 5.82 Å². The quantitative estimate of drug-likeness (QED) is 0.563. The van der Waals surface area contributed by atoms with E-state index in [2.05, 4.69) is 4.98 Å². The molecule has 0 spiro atoms. The van der Waals surface area contributed by atoms with Gasteiger partial charge in [0, 0.05) is 6.20 Å². The van der Waals surface area contributed by atoms with Gasteiger partial charge < -0.3 is 5.73 Å². The zero-order chi connectivity index (χ0) is 6.69. The summed E-state index contributed by atoms with van der Waals surface area (Å²) in [4.78, 5) is 4.64. The fourth-order valence-corrected chi connectivity index (χ4v) is 0.833. The summed E-state index contributed by atoms with van der Waals surface area (Å²) in [6.07, 6.45) is 1.63. The maximum atomic E-state index is 5.42. The molecule has 4 heteroatoms. The van der Waals surface area contributed by atoms with Gasteiger partial charge in [-0.1, -0.05) is 0 Å². The number of nitrogens with two attached hydrogens (primary N) is 2. The summed E-state index contributed by atoms with van der Waals surface area (Å²) >= 11 is 1.11. The van der Waals surface area contributed by atoms with Crippen LogP contribution >= 0.6 is 11.9 Å². The summed E-state index contributed by atoms with van der Waals surface area (Å²) in [6.45, 7) is 0. The van der Waals surface area contributed by atoms with E-state index in [1.54, 1.807) is 12.3 Å². The molecule has 3 nitrogen and oxygen atoms in total. The summed E-state index contributed by atoms with van der Waals surface area (Å²) < 4.78 is 0. The van der Waals surface area contributed by atoms with E-state index in [1.165, 1.54) is 0 Å². The molecule has 48 valence electrons. The fourth-order valence-electron chi connectivity index (χ4n) is 0.502. The molecule has 0 saturated heterocycles. The molecule has 1 aromatic heterocycles. The van der Waals surface area contributed by atoms with Gasteiger partial charge in [0.25, 0.3) is 0 Å². The third-order valence-electron chi connectivity index (χ3n) is 0.927. The Bertz CT molecular complexity index is 201. The molecule has 0 amide bonds. The molecule has 0 unspecified atom stereocenters. The average molecular weight is 141 g/mol. The second kappa shape index (κ2) is 2.70. The first-order chi connectivity index (χ1) is 4.34. The van der Waals surface area contributed by atoms with E-state index in [9.17, 15) is 0 Å². The van der Waals surface area contributed by atoms with Crippen molar-refractivity contribution in [3.8, 4) is 0 Å². The number of nitrogen functional groups attached to an aromatic ring is 1. The Balaban J connectivity index is 3.01. The van der Waals surface area contributed by atoms with Gasteiger partial charge in [-0.05, 0) is 24.1 Å². The summed E-state index contributed by atoms with van der Waals surface area (Å²) in [7, 11) is 0. The molecular formula is C5H7N3S. The maximum Gasteiger partial charge on any atom is 0.138 e. The minimum Gasteiger partial charge on any atom is -0.383 e. The Morgan fingerprint density at radius 3 is 2.78 bits per heavy atom. The Morgan fingerprint density at radius 1 is 1.56 bits per heavy atom. The normalized spacial score (nSPS) is 9.44. The van der Waals surface area contributed by atoms with Crippen molar-refractivity contribution in [2.45, 2.75) is 4.90 Å². The van der Waals surface area contributed by atoms with Crippen LogP contribution < -0.4 is 10.9 Å². The molecule has 4 N–H and O–H groups in total. The van der Waals surface area contributed by atoms with Crippen LogP contribution in [-0.4, -0.2) is 4.98 Å². The van der Waals surface area contributed by atoms with Gasteiger partial charge in [-0.25, -0.2) is 4.98 Å². The van der Waals surface area contributed by atoms with Crippen LogP contribution in [0.3, 0.4) is 0 Å². The van der Waals surface area contributed by atoms with Gasteiger partial charge in [0.2, 0.25) is 0 Å². The molecular weight excluding hydrogens is 134 g/mol. The van der Waals surface area contributed by atoms with Gasteiger partial charge in [0.1, 0.15) is 5.82 Å². The lowest BCUT2D eigenvalue weighted by molar-refractivity contribution is 1.25. The van der Waals surface area contributed by atoms with Crippen LogP contribution in [0.5, 0.6) is 0 Å². The molecule has 0 aromatic carbocycles. The summed E-state index contributed by atoms with van der Waals surface area (Å²) in [5.41, 5.74) is 5.42. The summed E-state index contributed by atoms with van der Waals surface area (Å²) in [5.74, 6) is 0.491. The van der Waals surface area contributed by atoms with Gasteiger partial charge in [0.15, 0.2) is 0 Å². The lowest BCUT2D eigenvalue weighted by atomic mass is 10.5. The highest BCUT2D eigenvalue weighted by Crippen LogP contribution is 2.15. The first-order valence-electron chi connectivity index (χ1n) is 2.42. The van der Waals surface area contributed by atoms with Crippen molar-refractivity contribution < 1.29 is 0 Å². The number of hydrogen-bond donors (Lipinski definition) is 2. The van der Waals surface area contributed by atoms with Gasteiger partial charge in [0.05, 0.1) is 4.90 Å². The van der Waals surface area contributed by atoms with Gasteiger partial charge in [-0.2, -0.15) is 0 Å². The molecule has 0 fully saturated rings. The van der Waals surface area contributed by atoms with Crippen LogP contribution in [0.1, 0.15) is 0 Å². The van der Waals surface area contributed by atoms with Crippen molar-refractivity contribution >= 4 is 17.8 Å². The summed E-state index contributed by atoms with van der Waals surface area (Å²) in [5, 5.41) is 5.25. The number of pyridine rings is 1. The van der Waals surface area contributed by atoms with E-state index in [1.807, 2.05) is 6.07 Å². The van der Waals surface area contributed by atoms with Crippen molar-refractivity contribution in [2.75, 3.05) is 5.73 Å². The highest BCUT2D eigenvalue weighted by Gasteiger charge is 1.93. The van der Waals surface area contributed by atoms with E-state index in [0.29, 0.717) is 5.82 Å². The average Bonchev–Trinajstić information content (AvgIpc) is 1.89. The number of nitrogens with zero attached hydrogens (tertiary/aromatic N) is 1. The van der Waals surface area contributed by atoms with Gasteiger partial charge >= 0.3 is 0 Å². The SMILES string of the molecule is NSc1cccnc1N. The van der Waals surface area contributed by atoms with Crippen molar-refractivity contribution in [1.29, 1.82) is 0 Å². The molecule has 0 aliphatic carbocycles. The lowest BCUT2D eigenvalue weighted by Gasteiger charge is -1.96. The van der Waals surface area contributed by atoms with Crippen molar-refractivity contribution in [1.82, 2.24) is 4.98 Å². The Hall–Kier alpha value is -0.740. The number of aromatic nitrogens is 1. The van der Waals surface area contributed by atoms with Crippen LogP contribution in [0, 0.1) is 0 Å². The van der Waals surface area contributed by atoms with Crippen LogP contribution in [-0.2, 0) is 0 Å². The minimum absolute atomic E-state index is 0.491. The summed E-state index contributed by atoms with van der Waals surface area (Å²) in [6, 6.07) is 3.62. The molecule has 9 heavy (non-hydrogen) atoms. The van der Waals surface area contributed by atoms with Crippen LogP contribution in [0.2, 0.25) is 0 Å². The monoisotopic (exact) mass is 141 g/mol. The van der Waals surface area contributed by atoms with E-state index < -0.39 is 0 Å². The molecule has 0 radical (unpaired) electrons. The Morgan fingerprint density at radius 2 is 2.33 bits per heavy atom. The lowest BCUT2D eigenvalue weighted by Crippen LogP contribution is -1.92. The minimum atomic E-state index is 0.491. The molecule has 1 aromatic rings. The number of anilines is 1. The molecule has 0 bridgehead atoms. The number of hydrogen-bond acceptors (Lipinski definition) is 4. The predicted molar refractivity (Wildman–Crippen MR) is 38.7 cm³/mol. The van der Waals surface area contributed by atoms with Gasteiger partial charge in [-0.15, -0.1) is 0 Å². The molecule has 0 atom stereocenters. The zero-order valence-corrected chi connectivity index (χ0v) is 5.56. The van der Waals surface area contributed by atoms with Crippen molar-refractivity contribution in [2.24, 2.45) is 5.14 Å². The van der Waals surface area contributed by atoms with E-state index in [0.717, 1.165) is 16.8 Å². The first kappa shape index (κ1) is 6.38. The molecule has 1 rings (SSSR count). The third-order valence-corrected chi connectivity index (χ3v) is 1.53. The highest BCUT2D eigenvalue weighted by atomic mass is 32.2.